The first-order valence-corrected chi connectivity index (χ1v) is 7.77. The highest BCUT2D eigenvalue weighted by molar-refractivity contribution is 6.35. The molecule has 1 unspecified atom stereocenters. The number of nitrogens with one attached hydrogen (secondary N) is 2. The average molecular weight is 315 g/mol. The highest BCUT2D eigenvalue weighted by Crippen LogP contribution is 2.26. The van der Waals surface area contributed by atoms with Crippen molar-refractivity contribution in [1.82, 2.24) is 10.6 Å². The first-order valence-electron chi connectivity index (χ1n) is 7.01. The molecule has 1 atom stereocenters. The summed E-state index contributed by atoms with van der Waals surface area (Å²) < 4.78 is 0. The summed E-state index contributed by atoms with van der Waals surface area (Å²) in [5.74, 6) is 0.583. The number of hydrogen-bond acceptors (Lipinski definition) is 2. The molecule has 0 aromatic heterocycles. The van der Waals surface area contributed by atoms with E-state index >= 15 is 0 Å². The van der Waals surface area contributed by atoms with Crippen LogP contribution in [-0.4, -0.2) is 19.0 Å². The van der Waals surface area contributed by atoms with E-state index in [-0.39, 0.29) is 11.9 Å². The lowest BCUT2D eigenvalue weighted by molar-refractivity contribution is -0.122. The summed E-state index contributed by atoms with van der Waals surface area (Å²) >= 11 is 12.0. The molecule has 1 aliphatic heterocycles. The van der Waals surface area contributed by atoms with Crippen molar-refractivity contribution >= 4 is 29.1 Å². The van der Waals surface area contributed by atoms with Crippen LogP contribution in [0.4, 0.5) is 0 Å². The molecular formula is C15H20Cl2N2O. The Bertz CT molecular complexity index is 473. The number of carbonyl (C=O) groups excluding carboxylic acids is 1. The van der Waals surface area contributed by atoms with Gasteiger partial charge in [-0.3, -0.25) is 4.79 Å². The predicted octanol–water partition coefficient (Wildman–Crippen LogP) is 3.56. The van der Waals surface area contributed by atoms with Gasteiger partial charge >= 0.3 is 0 Å². The van der Waals surface area contributed by atoms with Gasteiger partial charge in [0, 0.05) is 16.5 Å². The molecule has 0 spiro atoms. The van der Waals surface area contributed by atoms with Crippen LogP contribution < -0.4 is 10.6 Å². The van der Waals surface area contributed by atoms with Crippen molar-refractivity contribution in [2.24, 2.45) is 5.92 Å². The molecule has 1 aromatic rings. The zero-order chi connectivity index (χ0) is 14.5. The molecule has 1 aliphatic rings. The van der Waals surface area contributed by atoms with Gasteiger partial charge in [0.05, 0.1) is 6.04 Å². The first kappa shape index (κ1) is 15.6. The topological polar surface area (TPSA) is 41.1 Å². The lowest BCUT2D eigenvalue weighted by atomic mass is 9.94. The van der Waals surface area contributed by atoms with Crippen molar-refractivity contribution in [2.75, 3.05) is 13.1 Å². The summed E-state index contributed by atoms with van der Waals surface area (Å²) in [6.45, 7) is 3.96. The van der Waals surface area contributed by atoms with Gasteiger partial charge in [-0.1, -0.05) is 29.3 Å². The Morgan fingerprint density at radius 3 is 2.75 bits per heavy atom. The van der Waals surface area contributed by atoms with Gasteiger partial charge in [0.25, 0.3) is 0 Å². The van der Waals surface area contributed by atoms with Crippen LogP contribution >= 0.6 is 23.2 Å². The SMILES string of the molecule is CC(NC(=O)CC1CCNCC1)c1ccc(Cl)cc1Cl. The number of halogens is 2. The van der Waals surface area contributed by atoms with Gasteiger partial charge in [-0.15, -0.1) is 0 Å². The molecule has 1 saturated heterocycles. The Labute approximate surface area is 130 Å². The van der Waals surface area contributed by atoms with Crippen LogP contribution in [0.5, 0.6) is 0 Å². The Morgan fingerprint density at radius 2 is 2.10 bits per heavy atom. The molecule has 3 nitrogen and oxygen atoms in total. The Kier molecular flexibility index (Phi) is 5.70. The second-order valence-electron chi connectivity index (χ2n) is 5.35. The molecule has 110 valence electrons. The van der Waals surface area contributed by atoms with Crippen molar-refractivity contribution in [3.8, 4) is 0 Å². The van der Waals surface area contributed by atoms with Crippen LogP contribution in [0.15, 0.2) is 18.2 Å². The van der Waals surface area contributed by atoms with Gasteiger partial charge in [0.1, 0.15) is 0 Å². The van der Waals surface area contributed by atoms with E-state index in [9.17, 15) is 4.79 Å². The highest BCUT2D eigenvalue weighted by atomic mass is 35.5. The van der Waals surface area contributed by atoms with Gasteiger partial charge < -0.3 is 10.6 Å². The fraction of sp³-hybridized carbons (Fsp3) is 0.533. The van der Waals surface area contributed by atoms with Crippen molar-refractivity contribution in [3.63, 3.8) is 0 Å². The molecule has 20 heavy (non-hydrogen) atoms. The van der Waals surface area contributed by atoms with Crippen LogP contribution in [0.1, 0.15) is 37.8 Å². The maximum absolute atomic E-state index is 12.1. The van der Waals surface area contributed by atoms with Crippen molar-refractivity contribution < 1.29 is 4.79 Å². The fourth-order valence-electron chi connectivity index (χ4n) is 2.58. The average Bonchev–Trinajstić information content (AvgIpc) is 2.39. The minimum Gasteiger partial charge on any atom is -0.350 e. The summed E-state index contributed by atoms with van der Waals surface area (Å²) in [7, 11) is 0. The van der Waals surface area contributed by atoms with Crippen molar-refractivity contribution in [3.05, 3.63) is 33.8 Å². The predicted molar refractivity (Wildman–Crippen MR) is 83.2 cm³/mol. The minimum atomic E-state index is -0.103. The quantitative estimate of drug-likeness (QED) is 0.892. The molecule has 1 heterocycles. The minimum absolute atomic E-state index is 0.0930. The van der Waals surface area contributed by atoms with E-state index in [4.69, 9.17) is 23.2 Å². The lowest BCUT2D eigenvalue weighted by Gasteiger charge is -2.23. The van der Waals surface area contributed by atoms with Crippen LogP contribution in [0.25, 0.3) is 0 Å². The van der Waals surface area contributed by atoms with Gasteiger partial charge in [-0.05, 0) is 56.5 Å². The summed E-state index contributed by atoms with van der Waals surface area (Å²) in [6, 6.07) is 5.25. The third-order valence-corrected chi connectivity index (χ3v) is 4.30. The molecular weight excluding hydrogens is 295 g/mol. The molecule has 0 saturated carbocycles. The normalized spacial score (nSPS) is 17.8. The van der Waals surface area contributed by atoms with E-state index in [2.05, 4.69) is 10.6 Å². The molecule has 1 aromatic carbocycles. The van der Waals surface area contributed by atoms with Crippen LogP contribution in [0.3, 0.4) is 0 Å². The second-order valence-corrected chi connectivity index (χ2v) is 6.20. The largest absolute Gasteiger partial charge is 0.350 e. The molecule has 0 radical (unpaired) electrons. The van der Waals surface area contributed by atoms with Crippen molar-refractivity contribution in [1.29, 1.82) is 0 Å². The van der Waals surface area contributed by atoms with E-state index in [0.717, 1.165) is 31.5 Å². The van der Waals surface area contributed by atoms with Crippen LogP contribution in [0.2, 0.25) is 10.0 Å². The number of carbonyl (C=O) groups is 1. The zero-order valence-corrected chi connectivity index (χ0v) is 13.1. The number of piperidine rings is 1. The lowest BCUT2D eigenvalue weighted by Crippen LogP contribution is -2.33. The zero-order valence-electron chi connectivity index (χ0n) is 11.6. The third kappa shape index (κ3) is 4.37. The Hall–Kier alpha value is -0.770. The van der Waals surface area contributed by atoms with Gasteiger partial charge in [0.15, 0.2) is 0 Å². The highest BCUT2D eigenvalue weighted by Gasteiger charge is 2.19. The maximum atomic E-state index is 12.1. The molecule has 2 N–H and O–H groups in total. The smallest absolute Gasteiger partial charge is 0.220 e. The fourth-order valence-corrected chi connectivity index (χ4v) is 3.15. The summed E-state index contributed by atoms with van der Waals surface area (Å²) in [5, 5.41) is 7.52. The third-order valence-electron chi connectivity index (χ3n) is 3.74. The maximum Gasteiger partial charge on any atom is 0.220 e. The van der Waals surface area contributed by atoms with Gasteiger partial charge in [-0.25, -0.2) is 0 Å². The van der Waals surface area contributed by atoms with Crippen LogP contribution in [0, 0.1) is 5.92 Å². The molecule has 1 amide bonds. The number of benzene rings is 1. The summed E-state index contributed by atoms with van der Waals surface area (Å²) in [5.41, 5.74) is 0.898. The summed E-state index contributed by atoms with van der Waals surface area (Å²) in [4.78, 5) is 12.1. The number of rotatable bonds is 4. The van der Waals surface area contributed by atoms with E-state index in [0.29, 0.717) is 22.4 Å². The Balaban J connectivity index is 1.89. The number of amides is 1. The van der Waals surface area contributed by atoms with Gasteiger partial charge in [0.2, 0.25) is 5.91 Å². The van der Waals surface area contributed by atoms with E-state index in [1.807, 2.05) is 13.0 Å². The number of hydrogen-bond donors (Lipinski definition) is 2. The molecule has 2 rings (SSSR count). The molecule has 5 heteroatoms. The van der Waals surface area contributed by atoms with Crippen LogP contribution in [-0.2, 0) is 4.79 Å². The van der Waals surface area contributed by atoms with Crippen molar-refractivity contribution in [2.45, 2.75) is 32.2 Å². The second kappa shape index (κ2) is 7.30. The van der Waals surface area contributed by atoms with E-state index in [1.54, 1.807) is 12.1 Å². The first-order chi connectivity index (χ1) is 9.56. The van der Waals surface area contributed by atoms with Gasteiger partial charge in [-0.2, -0.15) is 0 Å². The standard InChI is InChI=1S/C15H20Cl2N2O/c1-10(13-3-2-12(16)9-14(13)17)19-15(20)8-11-4-6-18-7-5-11/h2-3,9-11,18H,4-8H2,1H3,(H,19,20). The van der Waals surface area contributed by atoms with E-state index in [1.165, 1.54) is 0 Å². The molecule has 1 fully saturated rings. The molecule has 0 bridgehead atoms. The monoisotopic (exact) mass is 314 g/mol. The Morgan fingerprint density at radius 1 is 1.40 bits per heavy atom. The summed E-state index contributed by atoms with van der Waals surface area (Å²) in [6.07, 6.45) is 2.74. The van der Waals surface area contributed by atoms with E-state index < -0.39 is 0 Å². The molecule has 0 aliphatic carbocycles.